The molecule has 0 radical (unpaired) electrons. The topological polar surface area (TPSA) is 40.9 Å². The van der Waals surface area contributed by atoms with E-state index in [0.717, 1.165) is 18.2 Å². The summed E-state index contributed by atoms with van der Waals surface area (Å²) >= 11 is 0. The predicted molar refractivity (Wildman–Crippen MR) is 53.7 cm³/mol. The van der Waals surface area contributed by atoms with Gasteiger partial charge in [0.25, 0.3) is 0 Å². The minimum Gasteiger partial charge on any atom is -0.302 e. The van der Waals surface area contributed by atoms with Crippen LogP contribution in [0, 0.1) is 23.2 Å². The molecule has 0 spiro atoms. The van der Waals surface area contributed by atoms with Crippen molar-refractivity contribution in [2.75, 3.05) is 0 Å². The Morgan fingerprint density at radius 3 is 2.53 bits per heavy atom. The first-order valence-corrected chi connectivity index (χ1v) is 4.53. The van der Waals surface area contributed by atoms with Crippen LogP contribution in [0.3, 0.4) is 0 Å². The van der Waals surface area contributed by atoms with E-state index >= 15 is 0 Å². The third kappa shape index (κ3) is 3.35. The molecule has 17 heavy (non-hydrogen) atoms. The van der Waals surface area contributed by atoms with Crippen molar-refractivity contribution in [3.05, 3.63) is 34.9 Å². The fourth-order valence-electron chi connectivity index (χ4n) is 1.11. The number of aldehydes is 1. The lowest BCUT2D eigenvalue weighted by molar-refractivity contribution is -0.137. The summed E-state index contributed by atoms with van der Waals surface area (Å²) in [6, 6.07) is 4.43. The Hall–Kier alpha value is -2.27. The van der Waals surface area contributed by atoms with Gasteiger partial charge >= 0.3 is 6.18 Å². The number of hydrogen-bond donors (Lipinski definition) is 0. The van der Waals surface area contributed by atoms with Gasteiger partial charge in [-0.05, 0) is 18.2 Å². The van der Waals surface area contributed by atoms with Crippen LogP contribution >= 0.6 is 0 Å². The van der Waals surface area contributed by atoms with Gasteiger partial charge in [0.15, 0.2) is 0 Å². The van der Waals surface area contributed by atoms with Crippen molar-refractivity contribution in [1.82, 2.24) is 0 Å². The molecule has 0 atom stereocenters. The minimum absolute atomic E-state index is 0.0239. The van der Waals surface area contributed by atoms with Gasteiger partial charge in [-0.25, -0.2) is 0 Å². The Kier molecular flexibility index (Phi) is 3.90. The number of benzene rings is 1. The summed E-state index contributed by atoms with van der Waals surface area (Å²) in [4.78, 5) is 10.0. The molecule has 0 aromatic heterocycles. The number of carbonyl (C=O) groups excluding carboxylic acids is 1. The molecule has 0 bridgehead atoms. The van der Waals surface area contributed by atoms with Crippen LogP contribution in [-0.2, 0) is 11.0 Å². The third-order valence-corrected chi connectivity index (χ3v) is 1.88. The molecule has 0 aliphatic heterocycles. The van der Waals surface area contributed by atoms with Crippen molar-refractivity contribution < 1.29 is 18.0 Å². The van der Waals surface area contributed by atoms with Crippen molar-refractivity contribution in [3.8, 4) is 17.9 Å². The molecule has 0 heterocycles. The van der Waals surface area contributed by atoms with Gasteiger partial charge in [-0.2, -0.15) is 18.4 Å². The maximum Gasteiger partial charge on any atom is 0.416 e. The van der Waals surface area contributed by atoms with Crippen molar-refractivity contribution >= 4 is 6.29 Å². The molecule has 1 aromatic rings. The SMILES string of the molecule is N#Cc1ccc(C(F)(F)F)cc1C#CCC=O. The van der Waals surface area contributed by atoms with E-state index in [4.69, 9.17) is 5.26 Å². The van der Waals surface area contributed by atoms with Gasteiger partial charge in [-0.1, -0.05) is 11.8 Å². The zero-order valence-corrected chi connectivity index (χ0v) is 8.51. The van der Waals surface area contributed by atoms with E-state index in [0.29, 0.717) is 6.29 Å². The van der Waals surface area contributed by atoms with Crippen LogP contribution < -0.4 is 0 Å². The number of alkyl halides is 3. The quantitative estimate of drug-likeness (QED) is 0.556. The maximum absolute atomic E-state index is 12.4. The molecular formula is C12H6F3NO. The summed E-state index contributed by atoms with van der Waals surface area (Å²) in [5, 5.41) is 8.70. The summed E-state index contributed by atoms with van der Waals surface area (Å²) in [7, 11) is 0. The molecule has 0 amide bonds. The standard InChI is InChI=1S/C12H6F3NO/c13-12(14,15)11-5-4-10(8-16)9(7-11)3-1-2-6-17/h4-7H,2H2. The summed E-state index contributed by atoms with van der Waals surface area (Å²) in [5.41, 5.74) is -0.840. The Morgan fingerprint density at radius 1 is 1.29 bits per heavy atom. The Morgan fingerprint density at radius 2 is 2.00 bits per heavy atom. The van der Waals surface area contributed by atoms with Crippen LogP contribution in [0.25, 0.3) is 0 Å². The zero-order valence-electron chi connectivity index (χ0n) is 8.51. The van der Waals surface area contributed by atoms with Crippen LogP contribution in [0.2, 0.25) is 0 Å². The lowest BCUT2D eigenvalue weighted by Crippen LogP contribution is -2.05. The highest BCUT2D eigenvalue weighted by atomic mass is 19.4. The summed E-state index contributed by atoms with van der Waals surface area (Å²) in [6.45, 7) is 0. The van der Waals surface area contributed by atoms with E-state index in [-0.39, 0.29) is 17.5 Å². The smallest absolute Gasteiger partial charge is 0.302 e. The van der Waals surface area contributed by atoms with Crippen LogP contribution in [0.5, 0.6) is 0 Å². The molecule has 5 heteroatoms. The minimum atomic E-state index is -4.48. The van der Waals surface area contributed by atoms with Gasteiger partial charge in [0.1, 0.15) is 12.4 Å². The van der Waals surface area contributed by atoms with E-state index in [1.54, 1.807) is 6.07 Å². The van der Waals surface area contributed by atoms with Crippen molar-refractivity contribution in [1.29, 1.82) is 5.26 Å². The Labute approximate surface area is 95.7 Å². The molecule has 1 rings (SSSR count). The molecule has 0 aliphatic carbocycles. The maximum atomic E-state index is 12.4. The Balaban J connectivity index is 3.23. The molecule has 2 nitrogen and oxygen atoms in total. The zero-order chi connectivity index (χ0) is 12.9. The summed E-state index contributed by atoms with van der Waals surface area (Å²) in [6.07, 6.45) is -4.02. The third-order valence-electron chi connectivity index (χ3n) is 1.88. The van der Waals surface area contributed by atoms with E-state index in [1.807, 2.05) is 0 Å². The number of rotatable bonds is 1. The van der Waals surface area contributed by atoms with Crippen molar-refractivity contribution in [3.63, 3.8) is 0 Å². The second-order valence-electron chi connectivity index (χ2n) is 3.04. The lowest BCUT2D eigenvalue weighted by Gasteiger charge is -2.07. The highest BCUT2D eigenvalue weighted by molar-refractivity contribution is 5.56. The number of nitriles is 1. The first-order chi connectivity index (χ1) is 7.99. The van der Waals surface area contributed by atoms with E-state index in [9.17, 15) is 18.0 Å². The molecule has 0 fully saturated rings. The van der Waals surface area contributed by atoms with E-state index in [1.165, 1.54) is 0 Å². The average Bonchev–Trinajstić information content (AvgIpc) is 2.28. The first kappa shape index (κ1) is 12.8. The largest absolute Gasteiger partial charge is 0.416 e. The molecule has 86 valence electrons. The fraction of sp³-hybridized carbons (Fsp3) is 0.167. The van der Waals surface area contributed by atoms with Crippen LogP contribution in [0.1, 0.15) is 23.1 Å². The van der Waals surface area contributed by atoms with Gasteiger partial charge < -0.3 is 4.79 Å². The summed E-state index contributed by atoms with van der Waals surface area (Å²) in [5.74, 6) is 4.74. The van der Waals surface area contributed by atoms with Crippen molar-refractivity contribution in [2.24, 2.45) is 0 Å². The summed E-state index contributed by atoms with van der Waals surface area (Å²) < 4.78 is 37.2. The first-order valence-electron chi connectivity index (χ1n) is 4.53. The number of carbonyl (C=O) groups is 1. The highest BCUT2D eigenvalue weighted by Crippen LogP contribution is 2.30. The van der Waals surface area contributed by atoms with Crippen LogP contribution in [0.15, 0.2) is 18.2 Å². The highest BCUT2D eigenvalue weighted by Gasteiger charge is 2.30. The number of hydrogen-bond acceptors (Lipinski definition) is 2. The second-order valence-corrected chi connectivity index (χ2v) is 3.04. The van der Waals surface area contributed by atoms with Crippen LogP contribution in [0.4, 0.5) is 13.2 Å². The molecule has 1 aromatic carbocycles. The molecule has 0 N–H and O–H groups in total. The van der Waals surface area contributed by atoms with Gasteiger partial charge in [-0.3, -0.25) is 0 Å². The number of halogens is 3. The molecule has 0 unspecified atom stereocenters. The average molecular weight is 237 g/mol. The lowest BCUT2D eigenvalue weighted by atomic mass is 10.0. The van der Waals surface area contributed by atoms with Gasteiger partial charge in [0.2, 0.25) is 0 Å². The molecule has 0 saturated carbocycles. The number of nitrogens with zero attached hydrogens (tertiary/aromatic N) is 1. The molecular weight excluding hydrogens is 231 g/mol. The molecule has 0 aliphatic rings. The van der Waals surface area contributed by atoms with Gasteiger partial charge in [0, 0.05) is 5.56 Å². The van der Waals surface area contributed by atoms with E-state index < -0.39 is 11.7 Å². The normalized spacial score (nSPS) is 10.0. The fourth-order valence-corrected chi connectivity index (χ4v) is 1.11. The monoisotopic (exact) mass is 237 g/mol. The van der Waals surface area contributed by atoms with Gasteiger partial charge in [0.05, 0.1) is 17.5 Å². The predicted octanol–water partition coefficient (Wildman–Crippen LogP) is 2.52. The molecule has 0 saturated heterocycles. The second kappa shape index (κ2) is 5.18. The van der Waals surface area contributed by atoms with Crippen LogP contribution in [-0.4, -0.2) is 6.29 Å². The van der Waals surface area contributed by atoms with Crippen molar-refractivity contribution in [2.45, 2.75) is 12.6 Å². The van der Waals surface area contributed by atoms with Gasteiger partial charge in [-0.15, -0.1) is 0 Å². The Bertz CT molecular complexity index is 529. The van der Waals surface area contributed by atoms with E-state index in [2.05, 4.69) is 11.8 Å².